The summed E-state index contributed by atoms with van der Waals surface area (Å²) in [5.74, 6) is 1.75. The molecule has 0 aromatic heterocycles. The molecule has 0 atom stereocenters. The molecule has 0 unspecified atom stereocenters. The van der Waals surface area contributed by atoms with Gasteiger partial charge in [0.15, 0.2) is 0 Å². The van der Waals surface area contributed by atoms with Gasteiger partial charge in [-0.15, -0.1) is 11.8 Å². The molecular weight excluding hydrogens is 312 g/mol. The van der Waals surface area contributed by atoms with Gasteiger partial charge in [0.05, 0.1) is 18.6 Å². The average molecular weight is 328 g/mol. The van der Waals surface area contributed by atoms with Gasteiger partial charge in [0.25, 0.3) is 0 Å². The number of carbonyl (C=O) groups excluding carboxylic acids is 1. The molecule has 2 aromatic rings. The Balaban J connectivity index is 1.84. The van der Waals surface area contributed by atoms with Crippen LogP contribution in [0.1, 0.15) is 5.56 Å². The van der Waals surface area contributed by atoms with E-state index in [1.54, 1.807) is 43.1 Å². The summed E-state index contributed by atoms with van der Waals surface area (Å²) in [6.07, 6.45) is 0. The maximum Gasteiger partial charge on any atom is 0.380 e. The summed E-state index contributed by atoms with van der Waals surface area (Å²) in [5, 5.41) is 0. The van der Waals surface area contributed by atoms with Crippen LogP contribution in [-0.2, 0) is 9.53 Å². The summed E-state index contributed by atoms with van der Waals surface area (Å²) >= 11 is 1.60. The van der Waals surface area contributed by atoms with Crippen LogP contribution in [0.4, 0.5) is 0 Å². The monoisotopic (exact) mass is 328 g/mol. The van der Waals surface area contributed by atoms with Crippen molar-refractivity contribution in [1.82, 2.24) is 0 Å². The molecule has 0 aliphatic carbocycles. The molecule has 1 heterocycles. The first-order chi connectivity index (χ1) is 11.3. The summed E-state index contributed by atoms with van der Waals surface area (Å²) in [5.41, 5.74) is 0.957. The second kappa shape index (κ2) is 7.24. The summed E-state index contributed by atoms with van der Waals surface area (Å²) < 4.78 is 16.1. The second-order valence-corrected chi connectivity index (χ2v) is 5.89. The van der Waals surface area contributed by atoms with Gasteiger partial charge in [0, 0.05) is 5.75 Å². The minimum atomic E-state index is -0.485. The minimum absolute atomic E-state index is 0.267. The van der Waals surface area contributed by atoms with Crippen molar-refractivity contribution < 1.29 is 19.0 Å². The number of ether oxygens (including phenoxy) is 3. The van der Waals surface area contributed by atoms with Crippen molar-refractivity contribution >= 4 is 22.6 Å². The van der Waals surface area contributed by atoms with E-state index in [-0.39, 0.29) is 5.76 Å². The number of hydrogen-bond acceptors (Lipinski definition) is 5. The first kappa shape index (κ1) is 15.5. The first-order valence-electron chi connectivity index (χ1n) is 7.19. The molecule has 0 saturated carbocycles. The van der Waals surface area contributed by atoms with Crippen molar-refractivity contribution in [3.63, 3.8) is 0 Å². The van der Waals surface area contributed by atoms with Gasteiger partial charge in [-0.25, -0.2) is 4.79 Å². The van der Waals surface area contributed by atoms with E-state index in [0.717, 1.165) is 16.2 Å². The summed E-state index contributed by atoms with van der Waals surface area (Å²) in [4.78, 5) is 13.3. The van der Waals surface area contributed by atoms with Gasteiger partial charge in [-0.1, -0.05) is 30.3 Å². The zero-order chi connectivity index (χ0) is 16.1. The van der Waals surface area contributed by atoms with Crippen molar-refractivity contribution in [2.24, 2.45) is 0 Å². The molecule has 118 valence electrons. The van der Waals surface area contributed by atoms with Crippen molar-refractivity contribution in [1.29, 1.82) is 0 Å². The maximum atomic E-state index is 12.5. The lowest BCUT2D eigenvalue weighted by Crippen LogP contribution is -2.19. The van der Waals surface area contributed by atoms with Gasteiger partial charge in [0.2, 0.25) is 5.76 Å². The van der Waals surface area contributed by atoms with Crippen molar-refractivity contribution in [2.45, 2.75) is 0 Å². The highest BCUT2D eigenvalue weighted by Crippen LogP contribution is 2.35. The number of methoxy groups -OCH3 is 1. The molecule has 0 bridgehead atoms. The Bertz CT molecular complexity index is 708. The molecule has 0 amide bonds. The zero-order valence-electron chi connectivity index (χ0n) is 12.7. The highest BCUT2D eigenvalue weighted by atomic mass is 32.2. The Morgan fingerprint density at radius 1 is 1.04 bits per heavy atom. The van der Waals surface area contributed by atoms with Gasteiger partial charge in [0.1, 0.15) is 11.5 Å². The van der Waals surface area contributed by atoms with Gasteiger partial charge in [-0.05, 0) is 29.8 Å². The zero-order valence-corrected chi connectivity index (χ0v) is 13.5. The topological polar surface area (TPSA) is 44.8 Å². The molecular formula is C18H16O4S. The van der Waals surface area contributed by atoms with Crippen LogP contribution in [0.3, 0.4) is 0 Å². The van der Waals surface area contributed by atoms with Gasteiger partial charge < -0.3 is 14.2 Å². The minimum Gasteiger partial charge on any atom is -0.497 e. The molecule has 0 N–H and O–H groups in total. The number of carbonyl (C=O) groups is 1. The Labute approximate surface area is 139 Å². The first-order valence-corrected chi connectivity index (χ1v) is 8.18. The van der Waals surface area contributed by atoms with Gasteiger partial charge >= 0.3 is 5.97 Å². The lowest BCUT2D eigenvalue weighted by atomic mass is 10.2. The number of esters is 1. The molecule has 1 aliphatic heterocycles. The normalized spacial score (nSPS) is 14.1. The van der Waals surface area contributed by atoms with Crippen LogP contribution in [0.2, 0.25) is 0 Å². The highest BCUT2D eigenvalue weighted by molar-refractivity contribution is 8.08. The van der Waals surface area contributed by atoms with E-state index in [1.165, 1.54) is 0 Å². The van der Waals surface area contributed by atoms with E-state index in [9.17, 15) is 4.79 Å². The molecule has 1 aliphatic rings. The fourth-order valence-electron chi connectivity index (χ4n) is 2.17. The number of rotatable bonds is 4. The van der Waals surface area contributed by atoms with E-state index in [0.29, 0.717) is 18.1 Å². The van der Waals surface area contributed by atoms with E-state index in [2.05, 4.69) is 0 Å². The molecule has 0 saturated heterocycles. The molecule has 4 nitrogen and oxygen atoms in total. The number of benzene rings is 2. The van der Waals surface area contributed by atoms with Crippen LogP contribution < -0.4 is 9.47 Å². The Kier molecular flexibility index (Phi) is 4.88. The van der Waals surface area contributed by atoms with Crippen LogP contribution in [0.5, 0.6) is 11.5 Å². The predicted octanol–water partition coefficient (Wildman–Crippen LogP) is 3.73. The van der Waals surface area contributed by atoms with Gasteiger partial charge in [-0.3, -0.25) is 0 Å². The van der Waals surface area contributed by atoms with Gasteiger partial charge in [-0.2, -0.15) is 0 Å². The van der Waals surface area contributed by atoms with Crippen LogP contribution in [0.15, 0.2) is 60.4 Å². The Morgan fingerprint density at radius 2 is 1.74 bits per heavy atom. The molecule has 0 radical (unpaired) electrons. The molecule has 2 aromatic carbocycles. The second-order valence-electron chi connectivity index (χ2n) is 4.79. The summed E-state index contributed by atoms with van der Waals surface area (Å²) in [6, 6.07) is 16.6. The Morgan fingerprint density at radius 3 is 2.43 bits per heavy atom. The average Bonchev–Trinajstić information content (AvgIpc) is 2.63. The van der Waals surface area contributed by atoms with Crippen LogP contribution in [0.25, 0.3) is 4.91 Å². The van der Waals surface area contributed by atoms with Crippen molar-refractivity contribution in [3.8, 4) is 11.5 Å². The van der Waals surface area contributed by atoms with Crippen molar-refractivity contribution in [2.75, 3.05) is 19.5 Å². The largest absolute Gasteiger partial charge is 0.497 e. The molecule has 23 heavy (non-hydrogen) atoms. The standard InChI is InChI=1S/C18H16O4S/c1-20-14-7-9-15(10-8-14)22-18(19)16-17(23-12-11-21-16)13-5-3-2-4-6-13/h2-10H,11-12H2,1H3. The van der Waals surface area contributed by atoms with Crippen LogP contribution >= 0.6 is 11.8 Å². The van der Waals surface area contributed by atoms with E-state index in [4.69, 9.17) is 14.2 Å². The SMILES string of the molecule is COc1ccc(OC(=O)C2=C(c3ccccc3)SCCO2)cc1. The fourth-order valence-corrected chi connectivity index (χ4v) is 3.12. The highest BCUT2D eigenvalue weighted by Gasteiger charge is 2.24. The quantitative estimate of drug-likeness (QED) is 0.632. The predicted molar refractivity (Wildman–Crippen MR) is 90.4 cm³/mol. The fraction of sp³-hybridized carbons (Fsp3) is 0.167. The summed E-state index contributed by atoms with van der Waals surface area (Å²) in [6.45, 7) is 0.494. The third-order valence-corrected chi connectivity index (χ3v) is 4.35. The molecule has 0 fully saturated rings. The van der Waals surface area contributed by atoms with Crippen LogP contribution in [-0.4, -0.2) is 25.4 Å². The molecule has 0 spiro atoms. The smallest absolute Gasteiger partial charge is 0.380 e. The van der Waals surface area contributed by atoms with E-state index < -0.39 is 5.97 Å². The molecule has 3 rings (SSSR count). The van der Waals surface area contributed by atoms with E-state index in [1.807, 2.05) is 30.3 Å². The maximum absolute atomic E-state index is 12.5. The lowest BCUT2D eigenvalue weighted by Gasteiger charge is -2.19. The van der Waals surface area contributed by atoms with E-state index >= 15 is 0 Å². The number of hydrogen-bond donors (Lipinski definition) is 0. The number of thioether (sulfide) groups is 1. The summed E-state index contributed by atoms with van der Waals surface area (Å²) in [7, 11) is 1.59. The third kappa shape index (κ3) is 3.68. The lowest BCUT2D eigenvalue weighted by molar-refractivity contribution is -0.133. The third-order valence-electron chi connectivity index (χ3n) is 3.27. The van der Waals surface area contributed by atoms with Crippen LogP contribution in [0, 0.1) is 0 Å². The molecule has 5 heteroatoms. The van der Waals surface area contributed by atoms with Crippen molar-refractivity contribution in [3.05, 3.63) is 65.9 Å². The Hall–Kier alpha value is -2.40.